The summed E-state index contributed by atoms with van der Waals surface area (Å²) < 4.78 is 15.0. The third kappa shape index (κ3) is 4.39. The first kappa shape index (κ1) is 17.8. The average molecular weight is 329 g/mol. The van der Waals surface area contributed by atoms with Gasteiger partial charge in [-0.2, -0.15) is 0 Å². The molecule has 0 aliphatic rings. The van der Waals surface area contributed by atoms with Crippen molar-refractivity contribution < 1.29 is 28.9 Å². The minimum Gasteiger partial charge on any atom is -0.507 e. The van der Waals surface area contributed by atoms with Gasteiger partial charge in [0.15, 0.2) is 0 Å². The standard InChI is InChI=1S/C15H17ClO6/c1-4-21-13-7-10(16)14(22-5-2)6-9(13)11(17)8-12(18)15(19)20-3/h6-8,17H,4-5H2,1-3H3/b11-8-. The molecule has 0 saturated heterocycles. The van der Waals surface area contributed by atoms with E-state index in [1.54, 1.807) is 13.8 Å². The number of carbonyl (C=O) groups is 2. The first-order chi connectivity index (χ1) is 10.4. The van der Waals surface area contributed by atoms with Crippen LogP contribution in [0.2, 0.25) is 5.02 Å². The van der Waals surface area contributed by atoms with Gasteiger partial charge >= 0.3 is 5.97 Å². The minimum absolute atomic E-state index is 0.187. The summed E-state index contributed by atoms with van der Waals surface area (Å²) in [6.45, 7) is 4.24. The van der Waals surface area contributed by atoms with Gasteiger partial charge in [-0.25, -0.2) is 4.79 Å². The fourth-order valence-corrected chi connectivity index (χ4v) is 1.85. The van der Waals surface area contributed by atoms with Gasteiger partial charge in [-0.3, -0.25) is 4.79 Å². The number of aliphatic hydroxyl groups excluding tert-OH is 1. The van der Waals surface area contributed by atoms with E-state index in [0.29, 0.717) is 24.0 Å². The first-order valence-electron chi connectivity index (χ1n) is 6.57. The van der Waals surface area contributed by atoms with Crippen LogP contribution in [0, 0.1) is 0 Å². The van der Waals surface area contributed by atoms with E-state index >= 15 is 0 Å². The van der Waals surface area contributed by atoms with E-state index in [0.717, 1.165) is 13.2 Å². The maximum Gasteiger partial charge on any atom is 0.378 e. The fraction of sp³-hybridized carbons (Fsp3) is 0.333. The predicted octanol–water partition coefficient (Wildman–Crippen LogP) is 2.78. The highest BCUT2D eigenvalue weighted by Crippen LogP contribution is 2.35. The number of ether oxygens (including phenoxy) is 3. The van der Waals surface area contributed by atoms with Crippen molar-refractivity contribution in [1.29, 1.82) is 0 Å². The molecule has 0 aromatic heterocycles. The van der Waals surface area contributed by atoms with Crippen molar-refractivity contribution in [2.24, 2.45) is 0 Å². The van der Waals surface area contributed by atoms with Crippen LogP contribution in [0.5, 0.6) is 11.5 Å². The van der Waals surface area contributed by atoms with Crippen molar-refractivity contribution in [1.82, 2.24) is 0 Å². The Morgan fingerprint density at radius 3 is 2.32 bits per heavy atom. The lowest BCUT2D eigenvalue weighted by Crippen LogP contribution is -2.13. The van der Waals surface area contributed by atoms with Gasteiger partial charge in [0.1, 0.15) is 17.3 Å². The van der Waals surface area contributed by atoms with E-state index in [1.807, 2.05) is 0 Å². The lowest BCUT2D eigenvalue weighted by molar-refractivity contribution is -0.149. The summed E-state index contributed by atoms with van der Waals surface area (Å²) >= 11 is 6.05. The second-order valence-corrected chi connectivity index (χ2v) is 4.44. The zero-order valence-electron chi connectivity index (χ0n) is 12.5. The summed E-state index contributed by atoms with van der Waals surface area (Å²) in [7, 11) is 1.08. The second kappa shape index (κ2) is 8.29. The largest absolute Gasteiger partial charge is 0.507 e. The van der Waals surface area contributed by atoms with Crippen molar-refractivity contribution in [3.8, 4) is 11.5 Å². The van der Waals surface area contributed by atoms with Crippen LogP contribution in [-0.2, 0) is 14.3 Å². The fourth-order valence-electron chi connectivity index (χ4n) is 1.64. The molecular weight excluding hydrogens is 312 g/mol. The molecule has 0 saturated carbocycles. The predicted molar refractivity (Wildman–Crippen MR) is 81.4 cm³/mol. The summed E-state index contributed by atoms with van der Waals surface area (Å²) in [6, 6.07) is 2.91. The molecule has 1 aromatic carbocycles. The van der Waals surface area contributed by atoms with Crippen LogP contribution in [0.1, 0.15) is 19.4 Å². The molecule has 0 spiro atoms. The summed E-state index contributed by atoms with van der Waals surface area (Å²) in [5, 5.41) is 10.4. The highest BCUT2D eigenvalue weighted by molar-refractivity contribution is 6.39. The lowest BCUT2D eigenvalue weighted by atomic mass is 10.1. The zero-order valence-corrected chi connectivity index (χ0v) is 13.3. The molecule has 120 valence electrons. The van der Waals surface area contributed by atoms with Crippen LogP contribution >= 0.6 is 11.6 Å². The number of rotatable bonds is 7. The molecule has 0 atom stereocenters. The lowest BCUT2D eigenvalue weighted by Gasteiger charge is -2.13. The maximum absolute atomic E-state index is 11.5. The molecule has 0 heterocycles. The van der Waals surface area contributed by atoms with Crippen molar-refractivity contribution in [2.75, 3.05) is 20.3 Å². The Labute approximate surface area is 133 Å². The number of aliphatic hydroxyl groups is 1. The normalized spacial score (nSPS) is 11.0. The molecule has 0 bridgehead atoms. The van der Waals surface area contributed by atoms with E-state index in [1.165, 1.54) is 12.1 Å². The van der Waals surface area contributed by atoms with E-state index < -0.39 is 17.5 Å². The molecule has 22 heavy (non-hydrogen) atoms. The molecular formula is C15H17ClO6. The van der Waals surface area contributed by atoms with Gasteiger partial charge in [0.05, 0.1) is 30.9 Å². The van der Waals surface area contributed by atoms with E-state index in [4.69, 9.17) is 21.1 Å². The molecule has 6 nitrogen and oxygen atoms in total. The van der Waals surface area contributed by atoms with Gasteiger partial charge in [0.2, 0.25) is 0 Å². The topological polar surface area (TPSA) is 82.1 Å². The molecule has 0 aliphatic heterocycles. The first-order valence-corrected chi connectivity index (χ1v) is 6.94. The van der Waals surface area contributed by atoms with Crippen LogP contribution in [0.3, 0.4) is 0 Å². The highest BCUT2D eigenvalue weighted by atomic mass is 35.5. The molecule has 0 fully saturated rings. The third-order valence-corrected chi connectivity index (χ3v) is 2.86. The van der Waals surface area contributed by atoms with Crippen molar-refractivity contribution in [3.63, 3.8) is 0 Å². The van der Waals surface area contributed by atoms with Gasteiger partial charge in [0, 0.05) is 12.1 Å². The summed E-state index contributed by atoms with van der Waals surface area (Å²) in [4.78, 5) is 22.6. The Balaban J connectivity index is 3.29. The number of methoxy groups -OCH3 is 1. The number of hydrogen-bond donors (Lipinski definition) is 1. The van der Waals surface area contributed by atoms with Crippen LogP contribution < -0.4 is 9.47 Å². The molecule has 7 heteroatoms. The SMILES string of the molecule is CCOc1cc(/C(O)=C/C(=O)C(=O)OC)c(OCC)cc1Cl. The second-order valence-electron chi connectivity index (χ2n) is 4.03. The average Bonchev–Trinajstić information content (AvgIpc) is 2.49. The van der Waals surface area contributed by atoms with Crippen LogP contribution in [0.25, 0.3) is 5.76 Å². The Kier molecular flexibility index (Phi) is 6.72. The van der Waals surface area contributed by atoms with Crippen molar-refractivity contribution in [3.05, 3.63) is 28.8 Å². The molecule has 0 radical (unpaired) electrons. The number of carbonyl (C=O) groups excluding carboxylic acids is 2. The van der Waals surface area contributed by atoms with Gasteiger partial charge in [-0.05, 0) is 19.9 Å². The number of hydrogen-bond acceptors (Lipinski definition) is 6. The summed E-state index contributed by atoms with van der Waals surface area (Å²) in [5.41, 5.74) is 0.187. The maximum atomic E-state index is 11.5. The molecule has 1 N–H and O–H groups in total. The van der Waals surface area contributed by atoms with Crippen LogP contribution in [-0.4, -0.2) is 37.2 Å². The smallest absolute Gasteiger partial charge is 0.378 e. The molecule has 0 unspecified atom stereocenters. The van der Waals surface area contributed by atoms with Crippen LogP contribution in [0.15, 0.2) is 18.2 Å². The van der Waals surface area contributed by atoms with Crippen molar-refractivity contribution >= 4 is 29.1 Å². The van der Waals surface area contributed by atoms with Crippen molar-refractivity contribution in [2.45, 2.75) is 13.8 Å². The van der Waals surface area contributed by atoms with E-state index in [2.05, 4.69) is 4.74 Å². The summed E-state index contributed by atoms with van der Waals surface area (Å²) in [5.74, 6) is -1.93. The Bertz CT molecular complexity index is 594. The van der Waals surface area contributed by atoms with E-state index in [-0.39, 0.29) is 11.3 Å². The number of halogens is 1. The monoisotopic (exact) mass is 328 g/mol. The van der Waals surface area contributed by atoms with E-state index in [9.17, 15) is 14.7 Å². The Hall–Kier alpha value is -2.21. The minimum atomic E-state index is -1.08. The number of benzene rings is 1. The highest BCUT2D eigenvalue weighted by Gasteiger charge is 2.17. The zero-order chi connectivity index (χ0) is 16.7. The van der Waals surface area contributed by atoms with Gasteiger partial charge in [0.25, 0.3) is 5.78 Å². The quantitative estimate of drug-likeness (QED) is 0.359. The summed E-state index contributed by atoms with van der Waals surface area (Å²) in [6.07, 6.45) is 0.757. The molecule has 1 rings (SSSR count). The molecule has 1 aromatic rings. The van der Waals surface area contributed by atoms with Gasteiger partial charge in [-0.1, -0.05) is 11.6 Å². The number of ketones is 1. The Morgan fingerprint density at radius 1 is 1.18 bits per heavy atom. The molecule has 0 amide bonds. The number of esters is 1. The Morgan fingerprint density at radius 2 is 1.77 bits per heavy atom. The van der Waals surface area contributed by atoms with Crippen LogP contribution in [0.4, 0.5) is 0 Å². The van der Waals surface area contributed by atoms with Gasteiger partial charge in [-0.15, -0.1) is 0 Å². The third-order valence-electron chi connectivity index (χ3n) is 2.56. The van der Waals surface area contributed by atoms with Gasteiger partial charge < -0.3 is 19.3 Å². The molecule has 0 aliphatic carbocycles.